The van der Waals surface area contributed by atoms with Gasteiger partial charge in [-0.3, -0.25) is 20.0 Å². The molecule has 434 valence electrons. The second-order valence-corrected chi connectivity index (χ2v) is 12.9. The van der Waals surface area contributed by atoms with Crippen molar-refractivity contribution in [3.63, 3.8) is 0 Å². The zero-order chi connectivity index (χ0) is 59.0. The van der Waals surface area contributed by atoms with E-state index in [9.17, 15) is 20.4 Å². The van der Waals surface area contributed by atoms with Crippen LogP contribution in [-0.2, 0) is 48.5 Å². The molecule has 2 radical (unpaired) electrons. The number of rotatable bonds is 18. The second-order valence-electron chi connectivity index (χ2n) is 12.9. The molecular formula is C44H50Dy2N8O24Zn2. The monoisotopic (exact) mass is 1530 g/mol. The minimum Gasteiger partial charge on any atom is -0.870 e. The van der Waals surface area contributed by atoms with Crippen molar-refractivity contribution in [2.75, 3.05) is 54.6 Å². The number of aliphatic imine (C=N–C) groups is 4. The van der Waals surface area contributed by atoms with Crippen molar-refractivity contribution >= 4 is 36.8 Å². The Labute approximate surface area is 542 Å². The number of carbonyl (C=O) groups excluding carboxylic acids is 2. The molecular weight excluding hydrogens is 1480 g/mol. The predicted octanol–water partition coefficient (Wildman–Crippen LogP) is 0.889. The molecule has 0 unspecified atom stereocenters. The number of hydrogen-bond donors (Lipinski definition) is 0. The zero-order valence-corrected chi connectivity index (χ0v) is 53.3. The molecule has 0 spiro atoms. The van der Waals surface area contributed by atoms with Crippen molar-refractivity contribution in [3.8, 4) is 46.0 Å². The SMILES string of the molecule is CC(=O)[O-].CC(=O)[O-].COc1cccc(C=NCCCCN=Cc2cccc(OC)c2[O-])c1[O-].COc1cccc(C=NCCCCN=Cc2cccc(OC)c2[O-])c1[O-].O=[N+]([O-])[O-].O=[N+]([O-])[O-].O=[N+]([O-])[O-].O=[N+]([O-])[O-].[Dy+3].[Dy+3].[Zn+2].[Zn+2]. The first-order valence-electron chi connectivity index (χ1n) is 20.7. The zero-order valence-electron chi connectivity index (χ0n) is 43.3. The summed E-state index contributed by atoms with van der Waals surface area (Å²) in [7, 11) is 5.89. The molecule has 0 saturated heterocycles. The maximum absolute atomic E-state index is 11.9. The molecule has 4 aromatic carbocycles. The fourth-order valence-corrected chi connectivity index (χ4v) is 4.64. The average Bonchev–Trinajstić information content (AvgIpc) is 3.32. The van der Waals surface area contributed by atoms with Crippen LogP contribution in [0.2, 0.25) is 0 Å². The van der Waals surface area contributed by atoms with Crippen LogP contribution in [0.15, 0.2) is 92.8 Å². The summed E-state index contributed by atoms with van der Waals surface area (Å²) in [5.74, 6) is -1.52. The maximum atomic E-state index is 11.9. The molecule has 0 amide bonds. The molecule has 0 atom stereocenters. The summed E-state index contributed by atoms with van der Waals surface area (Å²) in [5, 5.41) is 125. The smallest absolute Gasteiger partial charge is 0.870 e. The van der Waals surface area contributed by atoms with Crippen LogP contribution in [-0.4, -0.2) is 112 Å². The van der Waals surface area contributed by atoms with Crippen LogP contribution >= 0.6 is 0 Å². The number of unbranched alkanes of at least 4 members (excludes halogenated alkanes) is 2. The van der Waals surface area contributed by atoms with Gasteiger partial charge in [-0.1, -0.05) is 71.5 Å². The fourth-order valence-electron chi connectivity index (χ4n) is 4.64. The number of benzene rings is 4. The minimum absolute atomic E-state index is 0. The van der Waals surface area contributed by atoms with Crippen molar-refractivity contribution in [2.24, 2.45) is 20.0 Å². The quantitative estimate of drug-likeness (QED) is 0.0439. The van der Waals surface area contributed by atoms with Gasteiger partial charge in [-0.2, -0.15) is 0 Å². The van der Waals surface area contributed by atoms with E-state index < -0.39 is 32.3 Å². The third kappa shape index (κ3) is 56.2. The van der Waals surface area contributed by atoms with E-state index in [2.05, 4.69) is 20.0 Å². The van der Waals surface area contributed by atoms with Crippen molar-refractivity contribution in [1.29, 1.82) is 0 Å². The van der Waals surface area contributed by atoms with Crippen LogP contribution in [0.5, 0.6) is 46.0 Å². The summed E-state index contributed by atoms with van der Waals surface area (Å²) >= 11 is 0. The molecule has 0 aromatic heterocycles. The Morgan fingerprint density at radius 2 is 0.537 bits per heavy atom. The van der Waals surface area contributed by atoms with Gasteiger partial charge in [0, 0.05) is 63.0 Å². The molecule has 4 aromatic rings. The molecule has 36 heteroatoms. The number of carboxylic acid groups (broad SMARTS) is 2. The number of ether oxygens (including phenoxy) is 4. The van der Waals surface area contributed by atoms with Crippen LogP contribution in [0.3, 0.4) is 0 Å². The molecule has 80 heavy (non-hydrogen) atoms. The number of carbonyl (C=O) groups is 2. The van der Waals surface area contributed by atoms with E-state index in [1.807, 2.05) is 0 Å². The third-order valence-electron chi connectivity index (χ3n) is 7.49. The van der Waals surface area contributed by atoms with Crippen LogP contribution in [0.25, 0.3) is 0 Å². The molecule has 32 nitrogen and oxygen atoms in total. The van der Waals surface area contributed by atoms with Gasteiger partial charge in [0.2, 0.25) is 0 Å². The molecule has 0 fully saturated rings. The summed E-state index contributed by atoms with van der Waals surface area (Å²) in [4.78, 5) is 67.9. The number of aliphatic carboxylic acids is 2. The molecule has 0 bridgehead atoms. The number of hydrogen-bond acceptors (Lipinski definition) is 28. The van der Waals surface area contributed by atoms with Crippen LogP contribution in [0.4, 0.5) is 0 Å². The molecule has 0 heterocycles. The fraction of sp³-hybridized carbons (Fsp3) is 0.318. The molecule has 4 rings (SSSR count). The molecule has 0 aliphatic heterocycles. The van der Waals surface area contributed by atoms with Crippen molar-refractivity contribution in [3.05, 3.63) is 156 Å². The second kappa shape index (κ2) is 58.6. The van der Waals surface area contributed by atoms with E-state index >= 15 is 0 Å². The van der Waals surface area contributed by atoms with Crippen LogP contribution in [0.1, 0.15) is 61.8 Å². The normalized spacial score (nSPS) is 9.18. The van der Waals surface area contributed by atoms with E-state index in [4.69, 9.17) is 100 Å². The Balaban J connectivity index is -0.000000148. The van der Waals surface area contributed by atoms with Gasteiger partial charge in [-0.25, -0.2) is 0 Å². The first kappa shape index (κ1) is 90.0. The van der Waals surface area contributed by atoms with Crippen LogP contribution < -0.4 is 49.6 Å². The minimum atomic E-state index is -1.75. The molecule has 0 saturated carbocycles. The topological polar surface area (TPSA) is 524 Å². The Morgan fingerprint density at radius 3 is 0.662 bits per heavy atom. The average molecular weight is 1530 g/mol. The first-order chi connectivity index (χ1) is 35.7. The molecule has 0 aliphatic rings. The van der Waals surface area contributed by atoms with Gasteiger partial charge in [-0.05, 0) is 86.1 Å². The summed E-state index contributed by atoms with van der Waals surface area (Å²) in [5.41, 5.74) is 2.07. The van der Waals surface area contributed by atoms with E-state index in [-0.39, 0.29) is 138 Å². The number of para-hydroxylation sites is 4. The predicted molar refractivity (Wildman–Crippen MR) is 261 cm³/mol. The van der Waals surface area contributed by atoms with E-state index in [0.29, 0.717) is 71.4 Å². The molecule has 0 N–H and O–H groups in total. The van der Waals surface area contributed by atoms with E-state index in [1.54, 1.807) is 97.7 Å². The standard InChI is InChI=1S/2C20H24N2O4.2C2H4O2.2Dy.4NO3.2Zn/c2*1-25-17-9-5-7-15(19(17)23)13-21-11-3-4-12-22-14-16-8-6-10-18(26-2)20(16)24;2*1-2(3)4;;;4*2-1(3)4;;/h2*5-10,13-14,23-24H,3-4,11-12H2,1-2H3;2*1H3,(H,3,4);;;;;;;;/q;;;;2*+3;4*-1;2*+2/p-6. The summed E-state index contributed by atoms with van der Waals surface area (Å²) in [6.07, 6.45) is 9.68. The Kier molecular flexibility index (Phi) is 66.0. The summed E-state index contributed by atoms with van der Waals surface area (Å²) in [6.45, 7) is 4.38. The molecule has 0 aliphatic carbocycles. The number of methoxy groups -OCH3 is 4. The number of nitrogens with zero attached hydrogens (tertiary/aromatic N) is 8. The Morgan fingerprint density at radius 1 is 0.400 bits per heavy atom. The van der Waals surface area contributed by atoms with Crippen molar-refractivity contribution in [2.45, 2.75) is 39.5 Å². The Bertz CT molecular complexity index is 2100. The van der Waals surface area contributed by atoms with Crippen LogP contribution in [0, 0.1) is 138 Å². The van der Waals surface area contributed by atoms with E-state index in [0.717, 1.165) is 39.5 Å². The van der Waals surface area contributed by atoms with Gasteiger partial charge in [0.1, 0.15) is 23.0 Å². The summed E-state index contributed by atoms with van der Waals surface area (Å²) < 4.78 is 20.0. The maximum Gasteiger partial charge on any atom is 3.00 e. The van der Waals surface area contributed by atoms with Crippen molar-refractivity contribution < 1.29 is 195 Å². The Hall–Kier alpha value is -6.51. The number of carboxylic acids is 2. The summed E-state index contributed by atoms with van der Waals surface area (Å²) in [6, 6.07) is 20.4. The van der Waals surface area contributed by atoms with Gasteiger partial charge < -0.3 is 120 Å². The van der Waals surface area contributed by atoms with E-state index in [1.165, 1.54) is 28.4 Å². The third-order valence-corrected chi connectivity index (χ3v) is 7.49. The van der Waals surface area contributed by atoms with Gasteiger partial charge in [0.15, 0.2) is 0 Å². The van der Waals surface area contributed by atoms with Crippen molar-refractivity contribution in [1.82, 2.24) is 0 Å². The van der Waals surface area contributed by atoms with Gasteiger partial charge >= 0.3 is 115 Å². The first-order valence-corrected chi connectivity index (χ1v) is 20.7. The van der Waals surface area contributed by atoms with Gasteiger partial charge in [0.25, 0.3) is 0 Å². The van der Waals surface area contributed by atoms with Gasteiger partial charge in [0.05, 0.1) is 48.8 Å². The largest absolute Gasteiger partial charge is 3.00 e. The van der Waals surface area contributed by atoms with Gasteiger partial charge in [-0.15, -0.1) is 0 Å².